The van der Waals surface area contributed by atoms with Gasteiger partial charge in [0, 0.05) is 32.6 Å². The summed E-state index contributed by atoms with van der Waals surface area (Å²) in [5, 5.41) is 9.16. The lowest BCUT2D eigenvalue weighted by molar-refractivity contribution is -0.214. The maximum absolute atomic E-state index is 12.3. The fraction of sp³-hybridized carbons (Fsp3) is 0.958. The summed E-state index contributed by atoms with van der Waals surface area (Å²) in [4.78, 5) is 29.6. The summed E-state index contributed by atoms with van der Waals surface area (Å²) in [6, 6.07) is 0. The van der Waals surface area contributed by atoms with Crippen LogP contribution in [-0.2, 0) is 19.2 Å². The Labute approximate surface area is 343 Å². The van der Waals surface area contributed by atoms with Gasteiger partial charge in [-0.1, -0.05) is 207 Å². The van der Waals surface area contributed by atoms with Gasteiger partial charge in [-0.15, -0.1) is 0 Å². The highest BCUT2D eigenvalue weighted by molar-refractivity contribution is 5.69. The van der Waals surface area contributed by atoms with Gasteiger partial charge < -0.3 is 14.7 Å². The van der Waals surface area contributed by atoms with Crippen LogP contribution in [0, 0.1) is 11.8 Å². The molecule has 0 saturated carbocycles. The van der Waals surface area contributed by atoms with Crippen LogP contribution in [0.4, 0.5) is 0 Å². The molecule has 328 valence electrons. The standard InChI is InChI=1S/C47H94N2O3.CH2O2/c1-6-10-30-44(31-11-7-2)34-26-22-18-15-14-16-19-23-27-35-46(52-49-41-39-48(5)40-42-49)36-28-24-20-17-21-25-29-37-47(50)51-43-38-45(32-12-8-3)33-13-9-4;2-1-3/h44-46H,6-43H2,1-5H3;1H,(H,2,3). The molecule has 1 heterocycles. The largest absolute Gasteiger partial charge is 0.483 e. The minimum absolute atomic E-state index is 0.0191. The SMILES string of the molecule is CCCCC(CCCC)CCCCCCCCCCCC(CCCCCCCCCC(=O)OCCC(CCCC)CCCC)ON1CCN(C)CC1.O=CO. The molecule has 1 fully saturated rings. The Morgan fingerprint density at radius 3 is 1.29 bits per heavy atom. The van der Waals surface area contributed by atoms with Crippen molar-refractivity contribution in [3.63, 3.8) is 0 Å². The highest BCUT2D eigenvalue weighted by atomic mass is 16.7. The average molecular weight is 781 g/mol. The Morgan fingerprint density at radius 1 is 0.527 bits per heavy atom. The summed E-state index contributed by atoms with van der Waals surface area (Å²) in [7, 11) is 2.22. The van der Waals surface area contributed by atoms with Crippen molar-refractivity contribution >= 4 is 12.4 Å². The number of ether oxygens (including phenoxy) is 1. The minimum atomic E-state index is -0.250. The first-order valence-electron chi connectivity index (χ1n) is 24.3. The van der Waals surface area contributed by atoms with E-state index in [0.717, 1.165) is 57.3 Å². The zero-order valence-electron chi connectivity index (χ0n) is 37.7. The van der Waals surface area contributed by atoms with Gasteiger partial charge in [-0.2, -0.15) is 5.06 Å². The second kappa shape index (κ2) is 42.4. The summed E-state index contributed by atoms with van der Waals surface area (Å²) in [6.45, 7) is 13.9. The normalized spacial score (nSPS) is 14.3. The average Bonchev–Trinajstić information content (AvgIpc) is 3.18. The molecule has 0 spiro atoms. The first-order valence-corrected chi connectivity index (χ1v) is 24.3. The third-order valence-corrected chi connectivity index (χ3v) is 12.0. The Hall–Kier alpha value is -1.18. The van der Waals surface area contributed by atoms with Crippen LogP contribution in [0.2, 0.25) is 0 Å². The number of nitrogens with zero attached hydrogens (tertiary/aromatic N) is 2. The second-order valence-corrected chi connectivity index (χ2v) is 17.1. The number of carbonyl (C=O) groups is 2. The highest BCUT2D eigenvalue weighted by Crippen LogP contribution is 2.24. The van der Waals surface area contributed by atoms with Crippen LogP contribution in [-0.4, -0.2) is 73.4 Å². The maximum atomic E-state index is 12.3. The monoisotopic (exact) mass is 781 g/mol. The van der Waals surface area contributed by atoms with Crippen LogP contribution in [0.3, 0.4) is 0 Å². The van der Waals surface area contributed by atoms with E-state index in [9.17, 15) is 4.79 Å². The van der Waals surface area contributed by atoms with E-state index in [0.29, 0.717) is 19.1 Å². The van der Waals surface area contributed by atoms with Crippen molar-refractivity contribution in [1.29, 1.82) is 0 Å². The topological polar surface area (TPSA) is 79.3 Å². The zero-order valence-corrected chi connectivity index (χ0v) is 37.7. The van der Waals surface area contributed by atoms with E-state index in [1.807, 2.05) is 0 Å². The number of carboxylic acid groups (broad SMARTS) is 1. The fourth-order valence-electron chi connectivity index (χ4n) is 8.17. The van der Waals surface area contributed by atoms with E-state index in [4.69, 9.17) is 19.5 Å². The second-order valence-electron chi connectivity index (χ2n) is 17.1. The summed E-state index contributed by atoms with van der Waals surface area (Å²) in [5.41, 5.74) is 0. The molecule has 1 rings (SSSR count). The van der Waals surface area contributed by atoms with E-state index < -0.39 is 0 Å². The molecule has 0 bridgehead atoms. The molecule has 0 amide bonds. The predicted molar refractivity (Wildman–Crippen MR) is 236 cm³/mol. The van der Waals surface area contributed by atoms with Crippen LogP contribution in [0.25, 0.3) is 0 Å². The first kappa shape index (κ1) is 53.8. The quantitative estimate of drug-likeness (QED) is 0.0378. The summed E-state index contributed by atoms with van der Waals surface area (Å²) in [6.07, 6.45) is 43.4. The van der Waals surface area contributed by atoms with Gasteiger partial charge in [0.25, 0.3) is 6.47 Å². The number of hydrogen-bond donors (Lipinski definition) is 1. The number of unbranched alkanes of at least 4 members (excludes halogenated alkanes) is 18. The van der Waals surface area contributed by atoms with Crippen molar-refractivity contribution in [2.75, 3.05) is 39.8 Å². The molecule has 1 saturated heterocycles. The summed E-state index contributed by atoms with van der Waals surface area (Å²) in [5.74, 6) is 1.75. The zero-order chi connectivity index (χ0) is 40.5. The molecular weight excluding hydrogens is 685 g/mol. The van der Waals surface area contributed by atoms with Crippen LogP contribution in [0.1, 0.15) is 240 Å². The van der Waals surface area contributed by atoms with E-state index in [1.165, 1.54) is 186 Å². The van der Waals surface area contributed by atoms with E-state index >= 15 is 0 Å². The third kappa shape index (κ3) is 36.9. The van der Waals surface area contributed by atoms with E-state index in [2.05, 4.69) is 44.7 Å². The number of rotatable bonds is 39. The van der Waals surface area contributed by atoms with Crippen molar-refractivity contribution in [2.24, 2.45) is 11.8 Å². The number of hydrogen-bond acceptors (Lipinski definition) is 6. The number of hydroxylamine groups is 2. The third-order valence-electron chi connectivity index (χ3n) is 12.0. The van der Waals surface area contributed by atoms with Crippen LogP contribution in [0.5, 0.6) is 0 Å². The van der Waals surface area contributed by atoms with Gasteiger partial charge in [0.1, 0.15) is 0 Å². The van der Waals surface area contributed by atoms with Crippen molar-refractivity contribution in [1.82, 2.24) is 9.96 Å². The van der Waals surface area contributed by atoms with Crippen molar-refractivity contribution in [3.05, 3.63) is 0 Å². The number of carbonyl (C=O) groups excluding carboxylic acids is 1. The summed E-state index contributed by atoms with van der Waals surface area (Å²) >= 11 is 0. The molecule has 55 heavy (non-hydrogen) atoms. The van der Waals surface area contributed by atoms with Gasteiger partial charge in [0.05, 0.1) is 12.7 Å². The molecule has 7 nitrogen and oxygen atoms in total. The van der Waals surface area contributed by atoms with Crippen LogP contribution < -0.4 is 0 Å². The van der Waals surface area contributed by atoms with Crippen molar-refractivity contribution in [3.8, 4) is 0 Å². The number of likely N-dealkylation sites (N-methyl/N-ethyl adjacent to an activating group) is 1. The minimum Gasteiger partial charge on any atom is -0.483 e. The Balaban J connectivity index is 0.00000938. The van der Waals surface area contributed by atoms with E-state index in [-0.39, 0.29) is 12.4 Å². The molecule has 1 aliphatic rings. The fourth-order valence-corrected chi connectivity index (χ4v) is 8.17. The van der Waals surface area contributed by atoms with Gasteiger partial charge in [0.2, 0.25) is 0 Å². The van der Waals surface area contributed by atoms with Gasteiger partial charge in [-0.25, -0.2) is 0 Å². The highest BCUT2D eigenvalue weighted by Gasteiger charge is 2.19. The lowest BCUT2D eigenvalue weighted by Crippen LogP contribution is -2.45. The molecule has 0 radical (unpaired) electrons. The van der Waals surface area contributed by atoms with Crippen molar-refractivity contribution in [2.45, 2.75) is 246 Å². The molecule has 0 aromatic heterocycles. The molecular formula is C48H96N2O5. The number of esters is 1. The lowest BCUT2D eigenvalue weighted by Gasteiger charge is -2.34. The molecule has 0 aliphatic carbocycles. The lowest BCUT2D eigenvalue weighted by atomic mass is 9.90. The maximum Gasteiger partial charge on any atom is 0.305 e. The van der Waals surface area contributed by atoms with Crippen LogP contribution >= 0.6 is 0 Å². The first-order chi connectivity index (χ1) is 26.9. The van der Waals surface area contributed by atoms with Crippen molar-refractivity contribution < 1.29 is 24.3 Å². The van der Waals surface area contributed by atoms with E-state index in [1.54, 1.807) is 0 Å². The van der Waals surface area contributed by atoms with Gasteiger partial charge in [-0.05, 0) is 44.6 Å². The van der Waals surface area contributed by atoms with Crippen LogP contribution in [0.15, 0.2) is 0 Å². The molecule has 0 aromatic carbocycles. The van der Waals surface area contributed by atoms with Gasteiger partial charge in [0.15, 0.2) is 0 Å². The summed E-state index contributed by atoms with van der Waals surface area (Å²) < 4.78 is 5.61. The predicted octanol–water partition coefficient (Wildman–Crippen LogP) is 14.0. The molecule has 1 N–H and O–H groups in total. The Bertz CT molecular complexity index is 774. The molecule has 1 unspecified atom stereocenters. The Morgan fingerprint density at radius 2 is 0.873 bits per heavy atom. The smallest absolute Gasteiger partial charge is 0.305 e. The molecule has 1 atom stereocenters. The number of piperazine rings is 1. The molecule has 0 aromatic rings. The molecule has 1 aliphatic heterocycles. The van der Waals surface area contributed by atoms with Gasteiger partial charge in [-0.3, -0.25) is 14.4 Å². The molecule has 7 heteroatoms. The Kier molecular flexibility index (Phi) is 41.5. The van der Waals surface area contributed by atoms with Gasteiger partial charge >= 0.3 is 5.97 Å².